The second kappa shape index (κ2) is 7.57. The summed E-state index contributed by atoms with van der Waals surface area (Å²) in [6.45, 7) is 1.17. The van der Waals surface area contributed by atoms with Crippen LogP contribution in [0.1, 0.15) is 25.7 Å². The largest absolute Gasteiger partial charge is 0.393 e. The van der Waals surface area contributed by atoms with E-state index in [0.717, 1.165) is 31.5 Å². The van der Waals surface area contributed by atoms with E-state index in [1.807, 2.05) is 42.3 Å². The van der Waals surface area contributed by atoms with Crippen LogP contribution in [0.3, 0.4) is 0 Å². The molecule has 2 rings (SSSR count). The van der Waals surface area contributed by atoms with E-state index in [1.165, 1.54) is 6.42 Å². The number of likely N-dealkylation sites (N-methyl/N-ethyl adjacent to an activating group) is 2. The number of aliphatic hydroxyl groups excluding tert-OH is 1. The van der Waals surface area contributed by atoms with Crippen LogP contribution < -0.4 is 4.90 Å². The van der Waals surface area contributed by atoms with Crippen molar-refractivity contribution in [2.24, 2.45) is 5.92 Å². The third kappa shape index (κ3) is 4.55. The molecule has 0 radical (unpaired) electrons. The normalized spacial score (nSPS) is 22.3. The minimum Gasteiger partial charge on any atom is -0.393 e. The molecule has 116 valence electrons. The highest BCUT2D eigenvalue weighted by molar-refractivity contribution is 5.94. The third-order valence-electron chi connectivity index (χ3n) is 4.34. The van der Waals surface area contributed by atoms with Gasteiger partial charge in [0.25, 0.3) is 0 Å². The van der Waals surface area contributed by atoms with Gasteiger partial charge in [-0.3, -0.25) is 9.69 Å². The predicted octanol–water partition coefficient (Wildman–Crippen LogP) is 2.13. The van der Waals surface area contributed by atoms with Gasteiger partial charge >= 0.3 is 0 Å². The lowest BCUT2D eigenvalue weighted by molar-refractivity contribution is -0.119. The number of amides is 1. The Morgan fingerprint density at radius 1 is 1.19 bits per heavy atom. The quantitative estimate of drug-likeness (QED) is 0.903. The molecule has 0 saturated heterocycles. The van der Waals surface area contributed by atoms with Gasteiger partial charge in [-0.15, -0.1) is 0 Å². The highest BCUT2D eigenvalue weighted by atomic mass is 16.3. The van der Waals surface area contributed by atoms with Gasteiger partial charge in [0.2, 0.25) is 5.91 Å². The van der Waals surface area contributed by atoms with Crippen LogP contribution >= 0.6 is 0 Å². The Hall–Kier alpha value is -1.39. The molecule has 1 aromatic rings. The van der Waals surface area contributed by atoms with Crippen LogP contribution in [-0.4, -0.2) is 49.2 Å². The molecule has 1 N–H and O–H groups in total. The first-order valence-corrected chi connectivity index (χ1v) is 7.76. The molecule has 2 atom stereocenters. The third-order valence-corrected chi connectivity index (χ3v) is 4.34. The number of para-hydroxylation sites is 1. The Morgan fingerprint density at radius 3 is 2.52 bits per heavy atom. The lowest BCUT2D eigenvalue weighted by Gasteiger charge is -2.31. The molecular weight excluding hydrogens is 264 g/mol. The van der Waals surface area contributed by atoms with Crippen molar-refractivity contribution < 1.29 is 9.90 Å². The molecule has 4 heteroatoms. The molecule has 1 aromatic carbocycles. The van der Waals surface area contributed by atoms with Crippen molar-refractivity contribution in [1.29, 1.82) is 0 Å². The molecule has 1 amide bonds. The Labute approximate surface area is 127 Å². The van der Waals surface area contributed by atoms with Gasteiger partial charge in [0.15, 0.2) is 0 Å². The number of hydrogen-bond donors (Lipinski definition) is 1. The minimum absolute atomic E-state index is 0.0778. The molecule has 4 nitrogen and oxygen atoms in total. The first-order chi connectivity index (χ1) is 10.1. The van der Waals surface area contributed by atoms with Gasteiger partial charge in [-0.2, -0.15) is 0 Å². The zero-order chi connectivity index (χ0) is 15.2. The van der Waals surface area contributed by atoms with Gasteiger partial charge < -0.3 is 10.0 Å². The zero-order valence-corrected chi connectivity index (χ0v) is 13.0. The number of nitrogens with zero attached hydrogens (tertiary/aromatic N) is 2. The van der Waals surface area contributed by atoms with Crippen molar-refractivity contribution >= 4 is 11.6 Å². The van der Waals surface area contributed by atoms with Gasteiger partial charge in [0.1, 0.15) is 0 Å². The van der Waals surface area contributed by atoms with Crippen LogP contribution in [0.4, 0.5) is 5.69 Å². The van der Waals surface area contributed by atoms with E-state index in [4.69, 9.17) is 0 Å². The van der Waals surface area contributed by atoms with Gasteiger partial charge in [-0.25, -0.2) is 0 Å². The number of hydrogen-bond acceptors (Lipinski definition) is 3. The second-order valence-electron chi connectivity index (χ2n) is 6.10. The molecule has 0 bridgehead atoms. The summed E-state index contributed by atoms with van der Waals surface area (Å²) in [5.74, 6) is 0.382. The summed E-state index contributed by atoms with van der Waals surface area (Å²) in [6.07, 6.45) is 4.07. The molecule has 0 heterocycles. The first-order valence-electron chi connectivity index (χ1n) is 7.76. The monoisotopic (exact) mass is 290 g/mol. The van der Waals surface area contributed by atoms with Gasteiger partial charge in [-0.1, -0.05) is 31.0 Å². The second-order valence-corrected chi connectivity index (χ2v) is 6.10. The van der Waals surface area contributed by atoms with Gasteiger partial charge in [-0.05, 0) is 37.9 Å². The highest BCUT2D eigenvalue weighted by Crippen LogP contribution is 2.24. The summed E-state index contributed by atoms with van der Waals surface area (Å²) in [5, 5.41) is 10.0. The van der Waals surface area contributed by atoms with Crippen molar-refractivity contribution in [3.63, 3.8) is 0 Å². The van der Waals surface area contributed by atoms with Crippen molar-refractivity contribution in [3.05, 3.63) is 30.3 Å². The molecular formula is C17H26N2O2. The van der Waals surface area contributed by atoms with E-state index in [9.17, 15) is 9.90 Å². The molecule has 21 heavy (non-hydrogen) atoms. The number of carbonyl (C=O) groups excluding carboxylic acids is 1. The minimum atomic E-state index is -0.205. The highest BCUT2D eigenvalue weighted by Gasteiger charge is 2.25. The fourth-order valence-corrected chi connectivity index (χ4v) is 3.00. The number of anilines is 1. The molecule has 0 spiro atoms. The van der Waals surface area contributed by atoms with Crippen LogP contribution in [0.25, 0.3) is 0 Å². The molecule has 1 aliphatic carbocycles. The maximum Gasteiger partial charge on any atom is 0.240 e. The summed E-state index contributed by atoms with van der Waals surface area (Å²) < 4.78 is 0. The predicted molar refractivity (Wildman–Crippen MR) is 85.3 cm³/mol. The van der Waals surface area contributed by atoms with E-state index in [1.54, 1.807) is 11.9 Å². The molecule has 2 unspecified atom stereocenters. The van der Waals surface area contributed by atoms with Crippen LogP contribution in [0.15, 0.2) is 30.3 Å². The van der Waals surface area contributed by atoms with Gasteiger partial charge in [0, 0.05) is 19.3 Å². The Bertz CT molecular complexity index is 449. The lowest BCUT2D eigenvalue weighted by atomic mass is 9.86. The van der Waals surface area contributed by atoms with E-state index in [2.05, 4.69) is 0 Å². The molecule has 1 saturated carbocycles. The van der Waals surface area contributed by atoms with E-state index in [-0.39, 0.29) is 12.0 Å². The van der Waals surface area contributed by atoms with Crippen LogP contribution in [-0.2, 0) is 4.79 Å². The topological polar surface area (TPSA) is 43.8 Å². The Morgan fingerprint density at radius 2 is 1.86 bits per heavy atom. The Kier molecular flexibility index (Phi) is 5.76. The Balaban J connectivity index is 1.84. The number of rotatable bonds is 5. The lowest BCUT2D eigenvalue weighted by Crippen LogP contribution is -2.41. The van der Waals surface area contributed by atoms with Crippen molar-refractivity contribution in [2.45, 2.75) is 31.8 Å². The van der Waals surface area contributed by atoms with Crippen molar-refractivity contribution in [3.8, 4) is 0 Å². The van der Waals surface area contributed by atoms with E-state index < -0.39 is 0 Å². The fourth-order valence-electron chi connectivity index (χ4n) is 3.00. The summed E-state index contributed by atoms with van der Waals surface area (Å²) >= 11 is 0. The first kappa shape index (κ1) is 16.0. The van der Waals surface area contributed by atoms with Crippen LogP contribution in [0.2, 0.25) is 0 Å². The zero-order valence-electron chi connectivity index (χ0n) is 13.0. The van der Waals surface area contributed by atoms with Crippen LogP contribution in [0.5, 0.6) is 0 Å². The summed E-state index contributed by atoms with van der Waals surface area (Å²) in [5.41, 5.74) is 0.911. The fraction of sp³-hybridized carbons (Fsp3) is 0.588. The molecule has 0 aromatic heterocycles. The van der Waals surface area contributed by atoms with Crippen molar-refractivity contribution in [1.82, 2.24) is 4.90 Å². The molecule has 0 aliphatic heterocycles. The SMILES string of the molecule is CN(CC(=O)N(C)c1ccccc1)CC1CCCCC1O. The average molecular weight is 290 g/mol. The molecule has 1 fully saturated rings. The smallest absolute Gasteiger partial charge is 0.240 e. The van der Waals surface area contributed by atoms with Gasteiger partial charge in [0.05, 0.1) is 12.6 Å². The van der Waals surface area contributed by atoms with Crippen molar-refractivity contribution in [2.75, 3.05) is 32.1 Å². The average Bonchev–Trinajstić information content (AvgIpc) is 2.49. The standard InChI is InChI=1S/C17H26N2O2/c1-18(12-14-8-6-7-11-16(14)20)13-17(21)19(2)15-9-4-3-5-10-15/h3-5,9-10,14,16,20H,6-8,11-13H2,1-2H3. The number of carbonyl (C=O) groups is 1. The molecule has 1 aliphatic rings. The summed E-state index contributed by atoms with van der Waals surface area (Å²) in [6, 6.07) is 9.67. The maximum absolute atomic E-state index is 12.3. The van der Waals surface area contributed by atoms with E-state index >= 15 is 0 Å². The summed E-state index contributed by atoms with van der Waals surface area (Å²) in [7, 11) is 3.76. The maximum atomic E-state index is 12.3. The van der Waals surface area contributed by atoms with Crippen LogP contribution in [0, 0.1) is 5.92 Å². The van der Waals surface area contributed by atoms with E-state index in [0.29, 0.717) is 12.5 Å². The number of aliphatic hydroxyl groups is 1. The number of benzene rings is 1. The summed E-state index contributed by atoms with van der Waals surface area (Å²) in [4.78, 5) is 16.0.